The zero-order chi connectivity index (χ0) is 18.9. The molecule has 0 bridgehead atoms. The highest BCUT2D eigenvalue weighted by atomic mass is 16.6. The number of carboxylic acid groups (broad SMARTS) is 1. The van der Waals surface area contributed by atoms with Crippen LogP contribution in [-0.4, -0.2) is 61.9 Å². The molecule has 0 saturated carbocycles. The summed E-state index contributed by atoms with van der Waals surface area (Å²) in [6.07, 6.45) is 0.388. The SMILES string of the molecule is COCC1(C(=O)O)CCN(C(=O)C(C)(C)c2ccc3c(c2)OCCO3)C1. The monoisotopic (exact) mass is 363 g/mol. The number of methoxy groups -OCH3 is 1. The molecule has 1 aromatic rings. The van der Waals surface area contributed by atoms with Gasteiger partial charge in [0.1, 0.15) is 18.6 Å². The number of carbonyl (C=O) groups excluding carboxylic acids is 1. The lowest BCUT2D eigenvalue weighted by molar-refractivity contribution is -0.152. The topological polar surface area (TPSA) is 85.3 Å². The van der Waals surface area contributed by atoms with Crippen LogP contribution in [0.3, 0.4) is 0 Å². The molecule has 1 saturated heterocycles. The van der Waals surface area contributed by atoms with Crippen LogP contribution in [0.4, 0.5) is 0 Å². The normalized spacial score (nSPS) is 22.3. The molecule has 7 nitrogen and oxygen atoms in total. The van der Waals surface area contributed by atoms with Gasteiger partial charge < -0.3 is 24.2 Å². The molecule has 26 heavy (non-hydrogen) atoms. The average Bonchev–Trinajstić information content (AvgIpc) is 3.06. The second-order valence-corrected chi connectivity index (χ2v) is 7.48. The number of carboxylic acids is 1. The minimum absolute atomic E-state index is 0.0938. The van der Waals surface area contributed by atoms with Gasteiger partial charge in [-0.05, 0) is 38.0 Å². The third-order valence-corrected chi connectivity index (χ3v) is 5.31. The number of carbonyl (C=O) groups is 2. The van der Waals surface area contributed by atoms with Crippen molar-refractivity contribution in [2.75, 3.05) is 40.0 Å². The van der Waals surface area contributed by atoms with E-state index in [1.807, 2.05) is 32.0 Å². The van der Waals surface area contributed by atoms with Crippen molar-refractivity contribution in [2.24, 2.45) is 5.41 Å². The van der Waals surface area contributed by atoms with Crippen LogP contribution in [0.2, 0.25) is 0 Å². The molecule has 0 spiro atoms. The Morgan fingerprint density at radius 1 is 1.27 bits per heavy atom. The molecular formula is C19H25NO6. The third kappa shape index (κ3) is 3.11. The molecule has 2 aliphatic rings. The minimum atomic E-state index is -1.03. The Morgan fingerprint density at radius 2 is 1.96 bits per heavy atom. The molecule has 142 valence electrons. The second kappa shape index (κ2) is 6.79. The zero-order valence-corrected chi connectivity index (χ0v) is 15.4. The van der Waals surface area contributed by atoms with Crippen LogP contribution in [0, 0.1) is 5.41 Å². The van der Waals surface area contributed by atoms with Crippen molar-refractivity contribution in [1.29, 1.82) is 0 Å². The van der Waals surface area contributed by atoms with Crippen LogP contribution < -0.4 is 9.47 Å². The van der Waals surface area contributed by atoms with Gasteiger partial charge in [-0.15, -0.1) is 0 Å². The standard InChI is InChI=1S/C19H25NO6/c1-18(2,13-4-5-14-15(10-13)26-9-8-25-14)16(21)20-7-6-19(11-20,12-24-3)17(22)23/h4-5,10H,6-9,11-12H2,1-3H3,(H,22,23). The van der Waals surface area contributed by atoms with Crippen molar-refractivity contribution in [3.05, 3.63) is 23.8 Å². The average molecular weight is 363 g/mol. The summed E-state index contributed by atoms with van der Waals surface area (Å²) in [6, 6.07) is 5.51. The lowest BCUT2D eigenvalue weighted by Gasteiger charge is -2.31. The van der Waals surface area contributed by atoms with Gasteiger partial charge in [0.05, 0.1) is 12.0 Å². The molecule has 0 aromatic heterocycles. The van der Waals surface area contributed by atoms with Crippen LogP contribution in [0.5, 0.6) is 11.5 Å². The molecule has 2 aliphatic heterocycles. The molecule has 1 fully saturated rings. The Morgan fingerprint density at radius 3 is 2.62 bits per heavy atom. The maximum absolute atomic E-state index is 13.2. The van der Waals surface area contributed by atoms with Gasteiger partial charge >= 0.3 is 5.97 Å². The molecule has 1 unspecified atom stereocenters. The quantitative estimate of drug-likeness (QED) is 0.857. The van der Waals surface area contributed by atoms with Crippen molar-refractivity contribution < 1.29 is 28.9 Å². The van der Waals surface area contributed by atoms with Crippen LogP contribution >= 0.6 is 0 Å². The molecule has 2 heterocycles. The molecule has 1 aromatic carbocycles. The van der Waals surface area contributed by atoms with E-state index in [2.05, 4.69) is 0 Å². The van der Waals surface area contributed by atoms with Crippen molar-refractivity contribution in [3.63, 3.8) is 0 Å². The largest absolute Gasteiger partial charge is 0.486 e. The Kier molecular flexibility index (Phi) is 4.84. The third-order valence-electron chi connectivity index (χ3n) is 5.31. The van der Waals surface area contributed by atoms with E-state index in [0.717, 1.165) is 5.56 Å². The molecule has 1 amide bonds. The van der Waals surface area contributed by atoms with Crippen molar-refractivity contribution in [3.8, 4) is 11.5 Å². The van der Waals surface area contributed by atoms with Gasteiger partial charge in [0, 0.05) is 20.2 Å². The zero-order valence-electron chi connectivity index (χ0n) is 15.4. The number of ether oxygens (including phenoxy) is 3. The highest BCUT2D eigenvalue weighted by Gasteiger charge is 2.48. The molecule has 3 rings (SSSR count). The lowest BCUT2D eigenvalue weighted by Crippen LogP contribution is -2.45. The molecule has 1 N–H and O–H groups in total. The van der Waals surface area contributed by atoms with E-state index >= 15 is 0 Å². The molecule has 0 aliphatic carbocycles. The maximum atomic E-state index is 13.2. The number of likely N-dealkylation sites (tertiary alicyclic amines) is 1. The molecule has 1 atom stereocenters. The van der Waals surface area contributed by atoms with Gasteiger partial charge in [0.25, 0.3) is 0 Å². The summed E-state index contributed by atoms with van der Waals surface area (Å²) in [5, 5.41) is 9.60. The molecule has 7 heteroatoms. The summed E-state index contributed by atoms with van der Waals surface area (Å²) in [4.78, 5) is 26.5. The van der Waals surface area contributed by atoms with Gasteiger partial charge in [-0.3, -0.25) is 9.59 Å². The summed E-state index contributed by atoms with van der Waals surface area (Å²) in [6.45, 7) is 5.34. The fraction of sp³-hybridized carbons (Fsp3) is 0.579. The number of fused-ring (bicyclic) bond motifs is 1. The Balaban J connectivity index is 1.81. The Hall–Kier alpha value is -2.28. The number of amides is 1. The fourth-order valence-electron chi connectivity index (χ4n) is 3.63. The van der Waals surface area contributed by atoms with Gasteiger partial charge in [0.15, 0.2) is 11.5 Å². The van der Waals surface area contributed by atoms with E-state index in [9.17, 15) is 14.7 Å². The van der Waals surface area contributed by atoms with E-state index in [-0.39, 0.29) is 19.1 Å². The smallest absolute Gasteiger partial charge is 0.313 e. The van der Waals surface area contributed by atoms with Crippen molar-refractivity contribution >= 4 is 11.9 Å². The Labute approximate surface area is 152 Å². The molecular weight excluding hydrogens is 338 g/mol. The number of nitrogens with zero attached hydrogens (tertiary/aromatic N) is 1. The maximum Gasteiger partial charge on any atom is 0.313 e. The fourth-order valence-corrected chi connectivity index (χ4v) is 3.63. The minimum Gasteiger partial charge on any atom is -0.486 e. The predicted molar refractivity (Wildman–Crippen MR) is 93.6 cm³/mol. The predicted octanol–water partition coefficient (Wildman–Crippen LogP) is 1.69. The number of hydrogen-bond acceptors (Lipinski definition) is 5. The summed E-state index contributed by atoms with van der Waals surface area (Å²) in [5.41, 5.74) is -1.03. The number of hydrogen-bond donors (Lipinski definition) is 1. The van der Waals surface area contributed by atoms with E-state index in [0.29, 0.717) is 37.7 Å². The lowest BCUT2D eigenvalue weighted by atomic mass is 9.82. The van der Waals surface area contributed by atoms with Crippen LogP contribution in [-0.2, 0) is 19.7 Å². The van der Waals surface area contributed by atoms with Gasteiger partial charge in [-0.1, -0.05) is 6.07 Å². The van der Waals surface area contributed by atoms with E-state index < -0.39 is 16.8 Å². The highest BCUT2D eigenvalue weighted by molar-refractivity contribution is 5.89. The first kappa shape index (κ1) is 18.5. The number of aliphatic carboxylic acids is 1. The number of benzene rings is 1. The van der Waals surface area contributed by atoms with E-state index in [1.54, 1.807) is 4.90 Å². The van der Waals surface area contributed by atoms with Crippen LogP contribution in [0.1, 0.15) is 25.8 Å². The summed E-state index contributed by atoms with van der Waals surface area (Å²) in [7, 11) is 1.48. The van der Waals surface area contributed by atoms with Gasteiger partial charge in [-0.2, -0.15) is 0 Å². The van der Waals surface area contributed by atoms with Crippen LogP contribution in [0.25, 0.3) is 0 Å². The summed E-state index contributed by atoms with van der Waals surface area (Å²) < 4.78 is 16.3. The van der Waals surface area contributed by atoms with Crippen molar-refractivity contribution in [1.82, 2.24) is 4.90 Å². The summed E-state index contributed by atoms with van der Waals surface area (Å²) in [5.74, 6) is 0.282. The van der Waals surface area contributed by atoms with Crippen LogP contribution in [0.15, 0.2) is 18.2 Å². The first-order valence-electron chi connectivity index (χ1n) is 8.72. The Bertz CT molecular complexity index is 716. The molecule has 0 radical (unpaired) electrons. The van der Waals surface area contributed by atoms with Gasteiger partial charge in [-0.25, -0.2) is 0 Å². The van der Waals surface area contributed by atoms with Crippen molar-refractivity contribution in [2.45, 2.75) is 25.7 Å². The first-order valence-corrected chi connectivity index (χ1v) is 8.72. The van der Waals surface area contributed by atoms with E-state index in [1.165, 1.54) is 7.11 Å². The second-order valence-electron chi connectivity index (χ2n) is 7.48. The van der Waals surface area contributed by atoms with E-state index in [4.69, 9.17) is 14.2 Å². The summed E-state index contributed by atoms with van der Waals surface area (Å²) >= 11 is 0. The number of rotatable bonds is 5. The van der Waals surface area contributed by atoms with Gasteiger partial charge in [0.2, 0.25) is 5.91 Å². The highest BCUT2D eigenvalue weighted by Crippen LogP contribution is 2.38. The first-order chi connectivity index (χ1) is 12.3.